The molecule has 0 saturated carbocycles. The SMILES string of the molecule is O=C(NC1CCOC1)C1CCN(c2nc3cc(Cl)c(Cl)cc3n2-c2cccc(C(F)(F)F)n2)CC1. The van der Waals surface area contributed by atoms with E-state index in [2.05, 4.69) is 15.3 Å². The van der Waals surface area contributed by atoms with Gasteiger partial charge in [0.15, 0.2) is 0 Å². The Hall–Kier alpha value is -2.56. The number of hydrogen-bond donors (Lipinski definition) is 1. The fourth-order valence-electron chi connectivity index (χ4n) is 4.51. The predicted molar refractivity (Wildman–Crippen MR) is 126 cm³/mol. The van der Waals surface area contributed by atoms with E-state index >= 15 is 0 Å². The Balaban J connectivity index is 1.46. The van der Waals surface area contributed by atoms with Crippen molar-refractivity contribution in [3.63, 3.8) is 0 Å². The number of nitrogens with one attached hydrogen (secondary N) is 1. The van der Waals surface area contributed by atoms with Crippen LogP contribution in [0, 0.1) is 5.92 Å². The summed E-state index contributed by atoms with van der Waals surface area (Å²) in [5.74, 6) is 0.344. The van der Waals surface area contributed by atoms with Crippen molar-refractivity contribution in [1.82, 2.24) is 19.9 Å². The first-order valence-electron chi connectivity index (χ1n) is 11.3. The largest absolute Gasteiger partial charge is 0.433 e. The molecule has 0 bridgehead atoms. The van der Waals surface area contributed by atoms with Crippen LogP contribution in [-0.2, 0) is 15.7 Å². The van der Waals surface area contributed by atoms with Crippen LogP contribution >= 0.6 is 23.2 Å². The van der Waals surface area contributed by atoms with Crippen molar-refractivity contribution >= 4 is 46.1 Å². The Bertz CT molecular complexity index is 1250. The molecule has 4 heterocycles. The molecule has 1 atom stereocenters. The molecule has 1 unspecified atom stereocenters. The van der Waals surface area contributed by atoms with Gasteiger partial charge in [-0.3, -0.25) is 9.36 Å². The van der Waals surface area contributed by atoms with E-state index < -0.39 is 11.9 Å². The number of piperidine rings is 1. The molecule has 0 spiro atoms. The predicted octanol–water partition coefficient (Wildman–Crippen LogP) is 4.87. The summed E-state index contributed by atoms with van der Waals surface area (Å²) in [5.41, 5.74) is -0.0360. The number of alkyl halides is 3. The number of halogens is 5. The van der Waals surface area contributed by atoms with Crippen molar-refractivity contribution in [3.8, 4) is 5.82 Å². The fraction of sp³-hybridized carbons (Fsp3) is 0.435. The summed E-state index contributed by atoms with van der Waals surface area (Å²) in [6.07, 6.45) is -2.62. The molecule has 1 amide bonds. The molecule has 7 nitrogen and oxygen atoms in total. The van der Waals surface area contributed by atoms with E-state index in [4.69, 9.17) is 27.9 Å². The molecule has 12 heteroatoms. The summed E-state index contributed by atoms with van der Waals surface area (Å²) in [6, 6.07) is 6.92. The Labute approximate surface area is 209 Å². The molecule has 186 valence electrons. The molecule has 2 aliphatic rings. The van der Waals surface area contributed by atoms with Gasteiger partial charge in [-0.05, 0) is 43.5 Å². The van der Waals surface area contributed by atoms with Crippen LogP contribution in [0.5, 0.6) is 0 Å². The summed E-state index contributed by atoms with van der Waals surface area (Å²) in [5, 5.41) is 3.59. The molecular formula is C23H22Cl2F3N5O2. The summed E-state index contributed by atoms with van der Waals surface area (Å²) < 4.78 is 47.0. The smallest absolute Gasteiger partial charge is 0.379 e. The number of ether oxygens (including phenoxy) is 1. The van der Waals surface area contributed by atoms with Crippen molar-refractivity contribution in [2.45, 2.75) is 31.5 Å². The number of imidazole rings is 1. The van der Waals surface area contributed by atoms with Crippen LogP contribution in [0.4, 0.5) is 19.1 Å². The monoisotopic (exact) mass is 527 g/mol. The van der Waals surface area contributed by atoms with Crippen LogP contribution in [0.3, 0.4) is 0 Å². The number of fused-ring (bicyclic) bond motifs is 1. The van der Waals surface area contributed by atoms with Gasteiger partial charge >= 0.3 is 6.18 Å². The van der Waals surface area contributed by atoms with Crippen LogP contribution in [0.1, 0.15) is 25.0 Å². The molecule has 0 aliphatic carbocycles. The number of carbonyl (C=O) groups is 1. The van der Waals surface area contributed by atoms with E-state index in [0.29, 0.717) is 61.1 Å². The molecule has 1 aromatic carbocycles. The zero-order chi connectivity index (χ0) is 24.7. The zero-order valence-corrected chi connectivity index (χ0v) is 20.0. The van der Waals surface area contributed by atoms with Crippen molar-refractivity contribution in [2.75, 3.05) is 31.2 Å². The Morgan fingerprint density at radius 2 is 1.83 bits per heavy atom. The Morgan fingerprint density at radius 1 is 1.09 bits per heavy atom. The number of rotatable bonds is 4. The van der Waals surface area contributed by atoms with Gasteiger partial charge in [0, 0.05) is 25.6 Å². The molecule has 2 aliphatic heterocycles. The Kier molecular flexibility index (Phi) is 6.54. The van der Waals surface area contributed by atoms with Gasteiger partial charge in [0.25, 0.3) is 0 Å². The van der Waals surface area contributed by atoms with Gasteiger partial charge in [-0.1, -0.05) is 29.3 Å². The second kappa shape index (κ2) is 9.48. The molecule has 2 aromatic heterocycles. The summed E-state index contributed by atoms with van der Waals surface area (Å²) in [4.78, 5) is 23.2. The standard InChI is InChI=1S/C23H22Cl2F3N5O2/c24-15-10-17-18(11-16(15)25)33(20-3-1-2-19(31-20)23(26,27)28)22(30-17)32-7-4-13(5-8-32)21(34)29-14-6-9-35-12-14/h1-3,10-11,13-14H,4-9,12H2,(H,29,34). The maximum atomic E-state index is 13.4. The highest BCUT2D eigenvalue weighted by molar-refractivity contribution is 6.42. The first-order valence-corrected chi connectivity index (χ1v) is 12.0. The molecule has 2 fully saturated rings. The molecule has 1 N–H and O–H groups in total. The lowest BCUT2D eigenvalue weighted by atomic mass is 9.95. The van der Waals surface area contributed by atoms with Crippen LogP contribution in [0.15, 0.2) is 30.3 Å². The first-order chi connectivity index (χ1) is 16.7. The Morgan fingerprint density at radius 3 is 2.51 bits per heavy atom. The minimum atomic E-state index is -4.59. The number of anilines is 1. The van der Waals surface area contributed by atoms with Crippen molar-refractivity contribution in [3.05, 3.63) is 46.1 Å². The van der Waals surface area contributed by atoms with Gasteiger partial charge in [0.1, 0.15) is 11.5 Å². The highest BCUT2D eigenvalue weighted by atomic mass is 35.5. The van der Waals surface area contributed by atoms with Crippen LogP contribution in [0.2, 0.25) is 10.0 Å². The molecule has 5 rings (SSSR count). The summed E-state index contributed by atoms with van der Waals surface area (Å²) >= 11 is 12.4. The average Bonchev–Trinajstić information content (AvgIpc) is 3.47. The van der Waals surface area contributed by atoms with Crippen molar-refractivity contribution < 1.29 is 22.7 Å². The minimum Gasteiger partial charge on any atom is -0.379 e. The second-order valence-electron chi connectivity index (χ2n) is 8.71. The number of pyridine rings is 1. The number of hydrogen-bond acceptors (Lipinski definition) is 5. The van der Waals surface area contributed by atoms with Gasteiger partial charge < -0.3 is 15.0 Å². The normalized spacial score (nSPS) is 19.5. The highest BCUT2D eigenvalue weighted by Crippen LogP contribution is 2.35. The van der Waals surface area contributed by atoms with E-state index in [1.54, 1.807) is 16.7 Å². The van der Waals surface area contributed by atoms with Gasteiger partial charge in [-0.2, -0.15) is 13.2 Å². The third kappa shape index (κ3) is 4.92. The number of benzene rings is 1. The van der Waals surface area contributed by atoms with Gasteiger partial charge in [0.05, 0.1) is 33.7 Å². The number of nitrogens with zero attached hydrogens (tertiary/aromatic N) is 4. The van der Waals surface area contributed by atoms with Crippen LogP contribution in [-0.4, -0.2) is 52.8 Å². The van der Waals surface area contributed by atoms with Gasteiger partial charge in [0.2, 0.25) is 11.9 Å². The van der Waals surface area contributed by atoms with Crippen LogP contribution in [0.25, 0.3) is 16.9 Å². The summed E-state index contributed by atoms with van der Waals surface area (Å²) in [6.45, 7) is 2.19. The molecule has 3 aromatic rings. The summed E-state index contributed by atoms with van der Waals surface area (Å²) in [7, 11) is 0. The number of amides is 1. The van der Waals surface area contributed by atoms with E-state index in [1.807, 2.05) is 4.90 Å². The van der Waals surface area contributed by atoms with E-state index in [9.17, 15) is 18.0 Å². The third-order valence-corrected chi connectivity index (χ3v) is 7.08. The quantitative estimate of drug-likeness (QED) is 0.524. The van der Waals surface area contributed by atoms with Crippen molar-refractivity contribution in [2.24, 2.45) is 5.92 Å². The number of carbonyl (C=O) groups excluding carboxylic acids is 1. The van der Waals surface area contributed by atoms with Crippen molar-refractivity contribution in [1.29, 1.82) is 0 Å². The molecule has 0 radical (unpaired) electrons. The first kappa shape index (κ1) is 24.1. The fourth-order valence-corrected chi connectivity index (χ4v) is 4.83. The van der Waals surface area contributed by atoms with E-state index in [0.717, 1.165) is 12.5 Å². The minimum absolute atomic E-state index is 0.00626. The molecule has 35 heavy (non-hydrogen) atoms. The van der Waals surface area contributed by atoms with E-state index in [1.165, 1.54) is 12.1 Å². The highest BCUT2D eigenvalue weighted by Gasteiger charge is 2.34. The maximum Gasteiger partial charge on any atom is 0.433 e. The third-order valence-electron chi connectivity index (χ3n) is 6.36. The lowest BCUT2D eigenvalue weighted by Crippen LogP contribution is -2.44. The molecular weight excluding hydrogens is 506 g/mol. The average molecular weight is 528 g/mol. The zero-order valence-electron chi connectivity index (χ0n) is 18.5. The lowest BCUT2D eigenvalue weighted by Gasteiger charge is -2.32. The topological polar surface area (TPSA) is 72.3 Å². The van der Waals surface area contributed by atoms with Gasteiger partial charge in [-0.25, -0.2) is 9.97 Å². The number of aromatic nitrogens is 3. The van der Waals surface area contributed by atoms with E-state index in [-0.39, 0.29) is 28.7 Å². The van der Waals surface area contributed by atoms with Gasteiger partial charge in [-0.15, -0.1) is 0 Å². The maximum absolute atomic E-state index is 13.4. The second-order valence-corrected chi connectivity index (χ2v) is 9.53. The lowest BCUT2D eigenvalue weighted by molar-refractivity contribution is -0.141. The van der Waals surface area contributed by atoms with Crippen LogP contribution < -0.4 is 10.2 Å². The molecule has 2 saturated heterocycles.